The molecule has 1 heterocycles. The molecular formula is C8H13N3O. The standard InChI is InChI=1S/C8H13N3O/c1-3-4-6-5(2)10-8(11-6)7(9)12/h3-4H2,1-2H3,(H2,9,12)(H,10,11). The number of aromatic nitrogens is 2. The predicted octanol–water partition coefficient (Wildman–Crippen LogP) is 0.770. The van der Waals surface area contributed by atoms with Crippen molar-refractivity contribution in [3.8, 4) is 0 Å². The van der Waals surface area contributed by atoms with Crippen molar-refractivity contribution in [3.05, 3.63) is 17.2 Å². The van der Waals surface area contributed by atoms with Crippen LogP contribution in [0, 0.1) is 6.92 Å². The summed E-state index contributed by atoms with van der Waals surface area (Å²) in [6, 6.07) is 0. The highest BCUT2D eigenvalue weighted by Crippen LogP contribution is 2.06. The molecule has 0 spiro atoms. The minimum absolute atomic E-state index is 0.260. The second kappa shape index (κ2) is 3.38. The number of aryl methyl sites for hydroxylation is 2. The number of nitrogens with two attached hydrogens (primary N) is 1. The molecule has 0 aromatic carbocycles. The lowest BCUT2D eigenvalue weighted by molar-refractivity contribution is 0.0991. The van der Waals surface area contributed by atoms with Gasteiger partial charge < -0.3 is 10.7 Å². The second-order valence-electron chi connectivity index (χ2n) is 2.77. The summed E-state index contributed by atoms with van der Waals surface area (Å²) < 4.78 is 0. The van der Waals surface area contributed by atoms with E-state index in [-0.39, 0.29) is 5.82 Å². The molecule has 4 nitrogen and oxygen atoms in total. The topological polar surface area (TPSA) is 71.8 Å². The minimum Gasteiger partial charge on any atom is -0.363 e. The number of imidazole rings is 1. The Hall–Kier alpha value is -1.32. The number of nitrogens with one attached hydrogen (secondary N) is 1. The number of hydrogen-bond acceptors (Lipinski definition) is 2. The van der Waals surface area contributed by atoms with Crippen molar-refractivity contribution >= 4 is 5.91 Å². The Kier molecular flexibility index (Phi) is 2.47. The van der Waals surface area contributed by atoms with E-state index in [1.165, 1.54) is 0 Å². The summed E-state index contributed by atoms with van der Waals surface area (Å²) in [7, 11) is 0. The predicted molar refractivity (Wildman–Crippen MR) is 45.8 cm³/mol. The molecule has 1 aromatic rings. The Labute approximate surface area is 71.2 Å². The highest BCUT2D eigenvalue weighted by atomic mass is 16.1. The summed E-state index contributed by atoms with van der Waals surface area (Å²) in [6.07, 6.45) is 1.90. The fraction of sp³-hybridized carbons (Fsp3) is 0.500. The van der Waals surface area contributed by atoms with Gasteiger partial charge in [0.05, 0.1) is 5.69 Å². The summed E-state index contributed by atoms with van der Waals surface area (Å²) in [4.78, 5) is 17.6. The quantitative estimate of drug-likeness (QED) is 0.697. The Morgan fingerprint density at radius 3 is 2.75 bits per heavy atom. The van der Waals surface area contributed by atoms with Crippen molar-refractivity contribution in [2.45, 2.75) is 26.7 Å². The molecule has 0 aliphatic heterocycles. The lowest BCUT2D eigenvalue weighted by Gasteiger charge is -1.90. The number of H-pyrrole nitrogens is 1. The van der Waals surface area contributed by atoms with Crippen LogP contribution in [-0.4, -0.2) is 15.9 Å². The van der Waals surface area contributed by atoms with Crippen LogP contribution < -0.4 is 5.73 Å². The van der Waals surface area contributed by atoms with Crippen molar-refractivity contribution in [1.29, 1.82) is 0 Å². The van der Waals surface area contributed by atoms with Crippen LogP contribution in [0.2, 0.25) is 0 Å². The van der Waals surface area contributed by atoms with Gasteiger partial charge in [-0.25, -0.2) is 4.98 Å². The minimum atomic E-state index is -0.500. The first-order valence-corrected chi connectivity index (χ1v) is 4.00. The first-order chi connectivity index (χ1) is 5.65. The second-order valence-corrected chi connectivity index (χ2v) is 2.77. The number of primary amides is 1. The average Bonchev–Trinajstić information content (AvgIpc) is 2.34. The van der Waals surface area contributed by atoms with E-state index in [0.717, 1.165) is 24.2 Å². The Bertz CT molecular complexity index is 290. The molecule has 0 fully saturated rings. The maximum absolute atomic E-state index is 10.7. The lowest BCUT2D eigenvalue weighted by Crippen LogP contribution is -2.12. The van der Waals surface area contributed by atoms with Crippen LogP contribution in [-0.2, 0) is 6.42 Å². The van der Waals surface area contributed by atoms with Gasteiger partial charge in [-0.2, -0.15) is 0 Å². The third-order valence-corrected chi connectivity index (χ3v) is 1.71. The molecule has 0 saturated carbocycles. The molecule has 66 valence electrons. The summed E-state index contributed by atoms with van der Waals surface area (Å²) in [5.41, 5.74) is 6.93. The Balaban J connectivity index is 2.92. The van der Waals surface area contributed by atoms with E-state index in [2.05, 4.69) is 16.9 Å². The number of carbonyl (C=O) groups excluding carboxylic acids is 1. The molecule has 1 aromatic heterocycles. The number of rotatable bonds is 3. The number of amides is 1. The van der Waals surface area contributed by atoms with Gasteiger partial charge in [0.1, 0.15) is 0 Å². The van der Waals surface area contributed by atoms with Crippen molar-refractivity contribution in [2.24, 2.45) is 5.73 Å². The number of hydrogen-bond donors (Lipinski definition) is 2. The first-order valence-electron chi connectivity index (χ1n) is 4.00. The number of aromatic amines is 1. The van der Waals surface area contributed by atoms with Crippen molar-refractivity contribution in [2.75, 3.05) is 0 Å². The lowest BCUT2D eigenvalue weighted by atomic mass is 10.2. The fourth-order valence-electron chi connectivity index (χ4n) is 1.09. The third-order valence-electron chi connectivity index (χ3n) is 1.71. The highest BCUT2D eigenvalue weighted by Gasteiger charge is 2.08. The zero-order valence-electron chi connectivity index (χ0n) is 7.35. The van der Waals surface area contributed by atoms with E-state index in [1.807, 2.05) is 6.92 Å². The summed E-state index contributed by atoms with van der Waals surface area (Å²) in [6.45, 7) is 3.96. The SMILES string of the molecule is CCCc1nc(C(N)=O)[nH]c1C. The normalized spacial score (nSPS) is 10.2. The number of nitrogens with zero attached hydrogens (tertiary/aromatic N) is 1. The highest BCUT2D eigenvalue weighted by molar-refractivity contribution is 5.89. The van der Waals surface area contributed by atoms with Crippen LogP contribution in [0.3, 0.4) is 0 Å². The summed E-state index contributed by atoms with van der Waals surface area (Å²) in [5, 5.41) is 0. The van der Waals surface area contributed by atoms with E-state index in [9.17, 15) is 4.79 Å². The van der Waals surface area contributed by atoms with Gasteiger partial charge in [0.2, 0.25) is 0 Å². The third kappa shape index (κ3) is 1.64. The first kappa shape index (κ1) is 8.77. The van der Waals surface area contributed by atoms with Crippen LogP contribution in [0.5, 0.6) is 0 Å². The Morgan fingerprint density at radius 1 is 1.67 bits per heavy atom. The molecule has 0 atom stereocenters. The van der Waals surface area contributed by atoms with Gasteiger partial charge in [-0.3, -0.25) is 4.79 Å². The molecule has 0 unspecified atom stereocenters. The zero-order valence-corrected chi connectivity index (χ0v) is 7.35. The maximum atomic E-state index is 10.7. The van der Waals surface area contributed by atoms with Crippen molar-refractivity contribution < 1.29 is 4.79 Å². The summed E-state index contributed by atoms with van der Waals surface area (Å²) >= 11 is 0. The van der Waals surface area contributed by atoms with E-state index in [1.54, 1.807) is 0 Å². The van der Waals surface area contributed by atoms with E-state index in [4.69, 9.17) is 5.73 Å². The van der Waals surface area contributed by atoms with Gasteiger partial charge in [0, 0.05) is 5.69 Å². The molecule has 3 N–H and O–H groups in total. The van der Waals surface area contributed by atoms with Crippen LogP contribution in [0.1, 0.15) is 35.4 Å². The van der Waals surface area contributed by atoms with Crippen LogP contribution >= 0.6 is 0 Å². The van der Waals surface area contributed by atoms with Gasteiger partial charge in [-0.1, -0.05) is 13.3 Å². The van der Waals surface area contributed by atoms with Gasteiger partial charge in [-0.05, 0) is 13.3 Å². The van der Waals surface area contributed by atoms with E-state index < -0.39 is 5.91 Å². The molecule has 1 rings (SSSR count). The van der Waals surface area contributed by atoms with Gasteiger partial charge in [0.25, 0.3) is 5.91 Å². The van der Waals surface area contributed by atoms with E-state index in [0.29, 0.717) is 0 Å². The fourth-order valence-corrected chi connectivity index (χ4v) is 1.09. The average molecular weight is 167 g/mol. The summed E-state index contributed by atoms with van der Waals surface area (Å²) in [5.74, 6) is -0.239. The van der Waals surface area contributed by atoms with Crippen molar-refractivity contribution in [3.63, 3.8) is 0 Å². The van der Waals surface area contributed by atoms with Gasteiger partial charge >= 0.3 is 0 Å². The van der Waals surface area contributed by atoms with Crippen LogP contribution in [0.4, 0.5) is 0 Å². The Morgan fingerprint density at radius 2 is 2.33 bits per heavy atom. The van der Waals surface area contributed by atoms with Gasteiger partial charge in [-0.15, -0.1) is 0 Å². The smallest absolute Gasteiger partial charge is 0.284 e. The number of carbonyl (C=O) groups is 1. The largest absolute Gasteiger partial charge is 0.363 e. The molecule has 1 amide bonds. The molecule has 4 heteroatoms. The monoisotopic (exact) mass is 167 g/mol. The molecule has 12 heavy (non-hydrogen) atoms. The van der Waals surface area contributed by atoms with Crippen LogP contribution in [0.15, 0.2) is 0 Å². The molecular weight excluding hydrogens is 154 g/mol. The van der Waals surface area contributed by atoms with Gasteiger partial charge in [0.15, 0.2) is 5.82 Å². The molecule has 0 saturated heterocycles. The molecule has 0 aliphatic rings. The van der Waals surface area contributed by atoms with Crippen LogP contribution in [0.25, 0.3) is 0 Å². The van der Waals surface area contributed by atoms with Crippen molar-refractivity contribution in [1.82, 2.24) is 9.97 Å². The zero-order chi connectivity index (χ0) is 9.14. The maximum Gasteiger partial charge on any atom is 0.284 e. The molecule has 0 aliphatic carbocycles. The molecule has 0 bridgehead atoms. The molecule has 0 radical (unpaired) electrons. The van der Waals surface area contributed by atoms with E-state index >= 15 is 0 Å².